The molecule has 0 amide bonds. The van der Waals surface area contributed by atoms with Gasteiger partial charge in [-0.15, -0.1) is 24.0 Å². The van der Waals surface area contributed by atoms with Gasteiger partial charge in [-0.25, -0.2) is 9.98 Å². The number of halogens is 2. The van der Waals surface area contributed by atoms with Crippen molar-refractivity contribution in [3.63, 3.8) is 0 Å². The van der Waals surface area contributed by atoms with Crippen LogP contribution in [0.15, 0.2) is 41.5 Å². The Morgan fingerprint density at radius 3 is 2.54 bits per heavy atom. The second-order valence-electron chi connectivity index (χ2n) is 5.78. The van der Waals surface area contributed by atoms with Gasteiger partial charge in [0.2, 0.25) is 0 Å². The van der Waals surface area contributed by atoms with Crippen molar-refractivity contribution in [1.29, 1.82) is 0 Å². The summed E-state index contributed by atoms with van der Waals surface area (Å²) in [6.45, 7) is 6.67. The fourth-order valence-electron chi connectivity index (χ4n) is 2.48. The quantitative estimate of drug-likeness (QED) is 0.227. The molecule has 0 radical (unpaired) electrons. The molecule has 0 aliphatic heterocycles. The van der Waals surface area contributed by atoms with Crippen LogP contribution in [0.25, 0.3) is 0 Å². The Kier molecular flexibility index (Phi) is 11.7. The molecule has 1 aromatic heterocycles. The summed E-state index contributed by atoms with van der Waals surface area (Å²) in [6, 6.07) is 9.65. The molecule has 0 saturated heterocycles. The maximum Gasteiger partial charge on any atom is 0.191 e. The number of nitrogens with one attached hydrogen (secondary N) is 2. The first-order chi connectivity index (χ1) is 13.2. The summed E-state index contributed by atoms with van der Waals surface area (Å²) in [5, 5.41) is 7.10. The molecule has 154 valence electrons. The predicted molar refractivity (Wildman–Crippen MR) is 125 cm³/mol. The molecule has 0 spiro atoms. The molecule has 1 heterocycles. The summed E-state index contributed by atoms with van der Waals surface area (Å²) in [5.74, 6) is 2.24. The highest BCUT2D eigenvalue weighted by atomic mass is 127. The minimum atomic E-state index is 0. The average Bonchev–Trinajstić information content (AvgIpc) is 2.68. The lowest BCUT2D eigenvalue weighted by Crippen LogP contribution is -2.38. The first-order valence-electron chi connectivity index (χ1n) is 9.08. The maximum absolute atomic E-state index is 5.81. The number of rotatable bonds is 9. The van der Waals surface area contributed by atoms with Crippen molar-refractivity contribution in [3.8, 4) is 11.5 Å². The molecule has 28 heavy (non-hydrogen) atoms. The Balaban J connectivity index is 0.00000392. The van der Waals surface area contributed by atoms with Crippen LogP contribution in [0.4, 0.5) is 0 Å². The van der Waals surface area contributed by atoms with Gasteiger partial charge < -0.3 is 20.1 Å². The van der Waals surface area contributed by atoms with Crippen LogP contribution in [-0.4, -0.2) is 37.7 Å². The van der Waals surface area contributed by atoms with E-state index >= 15 is 0 Å². The monoisotopic (exact) mass is 518 g/mol. The average molecular weight is 519 g/mol. The number of ether oxygens (including phenoxy) is 2. The van der Waals surface area contributed by atoms with E-state index in [1.165, 1.54) is 0 Å². The molecule has 0 atom stereocenters. The lowest BCUT2D eigenvalue weighted by molar-refractivity contribution is 0.310. The Morgan fingerprint density at radius 1 is 1.11 bits per heavy atom. The second-order valence-corrected chi connectivity index (χ2v) is 6.17. The highest BCUT2D eigenvalue weighted by Crippen LogP contribution is 2.28. The number of nitrogens with zero attached hydrogens (tertiary/aromatic N) is 2. The molecule has 6 nitrogen and oxygen atoms in total. The number of methoxy groups -OCH3 is 1. The van der Waals surface area contributed by atoms with Crippen LogP contribution >= 0.6 is 35.6 Å². The van der Waals surface area contributed by atoms with Crippen LogP contribution in [0, 0.1) is 0 Å². The summed E-state index contributed by atoms with van der Waals surface area (Å²) in [4.78, 5) is 8.74. The first kappa shape index (κ1) is 24.3. The molecule has 0 unspecified atom stereocenters. The number of aromatic nitrogens is 1. The lowest BCUT2D eigenvalue weighted by atomic mass is 10.2. The smallest absolute Gasteiger partial charge is 0.191 e. The normalized spacial score (nSPS) is 10.8. The van der Waals surface area contributed by atoms with Gasteiger partial charge in [0.25, 0.3) is 0 Å². The maximum atomic E-state index is 5.81. The van der Waals surface area contributed by atoms with Crippen molar-refractivity contribution in [1.82, 2.24) is 15.6 Å². The van der Waals surface area contributed by atoms with Crippen molar-refractivity contribution in [2.75, 3.05) is 26.8 Å². The molecule has 0 aliphatic carbocycles. The van der Waals surface area contributed by atoms with E-state index in [-0.39, 0.29) is 24.0 Å². The Labute approximate surface area is 189 Å². The predicted octanol–water partition coefficient (Wildman–Crippen LogP) is 4.06. The molecule has 8 heteroatoms. The minimum Gasteiger partial charge on any atom is -0.493 e. The van der Waals surface area contributed by atoms with Crippen LogP contribution in [0.2, 0.25) is 5.15 Å². The summed E-state index contributed by atoms with van der Waals surface area (Å²) in [7, 11) is 1.64. The van der Waals surface area contributed by atoms with E-state index in [0.717, 1.165) is 48.1 Å². The van der Waals surface area contributed by atoms with Crippen LogP contribution in [-0.2, 0) is 13.0 Å². The van der Waals surface area contributed by atoms with Crippen LogP contribution < -0.4 is 20.1 Å². The number of hydrogen-bond donors (Lipinski definition) is 2. The van der Waals surface area contributed by atoms with E-state index in [1.54, 1.807) is 19.4 Å². The largest absolute Gasteiger partial charge is 0.493 e. The van der Waals surface area contributed by atoms with Gasteiger partial charge in [-0.1, -0.05) is 23.7 Å². The minimum absolute atomic E-state index is 0. The zero-order valence-corrected chi connectivity index (χ0v) is 19.6. The number of benzene rings is 1. The van der Waals surface area contributed by atoms with Gasteiger partial charge in [-0.05, 0) is 49.6 Å². The van der Waals surface area contributed by atoms with Crippen molar-refractivity contribution in [3.05, 3.63) is 52.8 Å². The van der Waals surface area contributed by atoms with Gasteiger partial charge in [0.15, 0.2) is 17.5 Å². The van der Waals surface area contributed by atoms with E-state index in [4.69, 9.17) is 21.1 Å². The highest BCUT2D eigenvalue weighted by molar-refractivity contribution is 14.0. The summed E-state index contributed by atoms with van der Waals surface area (Å²) < 4.78 is 10.9. The molecule has 0 aliphatic rings. The second kappa shape index (κ2) is 13.4. The standard InChI is InChI=1S/C20H27ClN4O2.HI/c1-4-22-20(23-11-10-15-7-9-19(21)24-13-15)25-14-16-6-8-17(26-3)18(12-16)27-5-2;/h6-9,12-13H,4-5,10-11,14H2,1-3H3,(H2,22,23,25);1H. The fourth-order valence-corrected chi connectivity index (χ4v) is 2.59. The Morgan fingerprint density at radius 2 is 1.89 bits per heavy atom. The first-order valence-corrected chi connectivity index (χ1v) is 9.46. The lowest BCUT2D eigenvalue weighted by Gasteiger charge is -2.12. The van der Waals surface area contributed by atoms with E-state index < -0.39 is 0 Å². The number of guanidine groups is 1. The van der Waals surface area contributed by atoms with Crippen LogP contribution in [0.3, 0.4) is 0 Å². The summed E-state index contributed by atoms with van der Waals surface area (Å²) in [5.41, 5.74) is 2.18. The van der Waals surface area contributed by atoms with E-state index in [2.05, 4.69) is 20.6 Å². The number of hydrogen-bond acceptors (Lipinski definition) is 4. The summed E-state index contributed by atoms with van der Waals surface area (Å²) >= 11 is 5.81. The van der Waals surface area contributed by atoms with E-state index in [1.807, 2.05) is 38.1 Å². The molecular weight excluding hydrogens is 491 g/mol. The van der Waals surface area contributed by atoms with Crippen LogP contribution in [0.5, 0.6) is 11.5 Å². The SMILES string of the molecule is CCNC(=NCc1ccc(OC)c(OCC)c1)NCCc1ccc(Cl)nc1.I. The van der Waals surface area contributed by atoms with Crippen molar-refractivity contribution in [2.45, 2.75) is 26.8 Å². The molecule has 2 rings (SSSR count). The zero-order chi connectivity index (χ0) is 19.5. The fraction of sp³-hybridized carbons (Fsp3) is 0.400. The van der Waals surface area contributed by atoms with Crippen LogP contribution in [0.1, 0.15) is 25.0 Å². The van der Waals surface area contributed by atoms with E-state index in [9.17, 15) is 0 Å². The third kappa shape index (κ3) is 8.10. The highest BCUT2D eigenvalue weighted by Gasteiger charge is 2.05. The van der Waals surface area contributed by atoms with Crippen molar-refractivity contribution < 1.29 is 9.47 Å². The number of aliphatic imine (C=N–C) groups is 1. The molecular formula is C20H28ClIN4O2. The van der Waals surface area contributed by atoms with Gasteiger partial charge in [0, 0.05) is 19.3 Å². The van der Waals surface area contributed by atoms with Crippen molar-refractivity contribution >= 4 is 41.5 Å². The molecule has 2 aromatic rings. The van der Waals surface area contributed by atoms with Gasteiger partial charge in [0.05, 0.1) is 20.3 Å². The third-order valence-electron chi connectivity index (χ3n) is 3.79. The summed E-state index contributed by atoms with van der Waals surface area (Å²) in [6.07, 6.45) is 2.63. The van der Waals surface area contributed by atoms with Crippen molar-refractivity contribution in [2.24, 2.45) is 4.99 Å². The molecule has 0 bridgehead atoms. The zero-order valence-electron chi connectivity index (χ0n) is 16.5. The topological polar surface area (TPSA) is 67.8 Å². The molecule has 2 N–H and O–H groups in total. The molecule has 1 aromatic carbocycles. The van der Waals surface area contributed by atoms with Gasteiger partial charge in [-0.2, -0.15) is 0 Å². The molecule has 0 fully saturated rings. The molecule has 0 saturated carbocycles. The van der Waals surface area contributed by atoms with E-state index in [0.29, 0.717) is 18.3 Å². The van der Waals surface area contributed by atoms with Gasteiger partial charge in [-0.3, -0.25) is 0 Å². The van der Waals surface area contributed by atoms with Gasteiger partial charge in [0.1, 0.15) is 5.15 Å². The third-order valence-corrected chi connectivity index (χ3v) is 4.01. The van der Waals surface area contributed by atoms with Gasteiger partial charge >= 0.3 is 0 Å². The Bertz CT molecular complexity index is 741. The Hall–Kier alpha value is -1.74. The number of pyridine rings is 1.